The number of rotatable bonds is 14. The maximum Gasteiger partial charge on any atom is 0.306 e. The number of unbranched alkanes of at least 4 members (excludes halogenated alkanes) is 2. The lowest BCUT2D eigenvalue weighted by Gasteiger charge is -2.17. The smallest absolute Gasteiger partial charge is 0.306 e. The second kappa shape index (κ2) is 14.3. The molecule has 5 heteroatoms. The molecule has 0 radical (unpaired) electrons. The van der Waals surface area contributed by atoms with Crippen molar-refractivity contribution >= 4 is 11.9 Å². The van der Waals surface area contributed by atoms with Gasteiger partial charge in [0.15, 0.2) is 0 Å². The molecule has 0 bridgehead atoms. The van der Waals surface area contributed by atoms with E-state index in [4.69, 9.17) is 14.2 Å². The van der Waals surface area contributed by atoms with Crippen molar-refractivity contribution < 1.29 is 23.8 Å². The van der Waals surface area contributed by atoms with E-state index in [2.05, 4.69) is 19.1 Å². The predicted octanol–water partition coefficient (Wildman–Crippen LogP) is 4.25. The quantitative estimate of drug-likeness (QED) is 0.365. The van der Waals surface area contributed by atoms with Gasteiger partial charge in [-0.25, -0.2) is 0 Å². The molecule has 0 fully saturated rings. The minimum atomic E-state index is -0.353. The van der Waals surface area contributed by atoms with Crippen LogP contribution in [0.25, 0.3) is 0 Å². The molecule has 0 aliphatic carbocycles. The standard InChI is InChI=1S/C21H32O5/c1-3-4-8-15-25-20(22)11-12-21(23)26-17-14-19(13-16-24-2)18-9-6-5-7-10-18/h5-7,9-10,19H,3-4,8,11-17H2,1-2H3. The Morgan fingerprint density at radius 3 is 2.12 bits per heavy atom. The van der Waals surface area contributed by atoms with Crippen LogP contribution < -0.4 is 0 Å². The van der Waals surface area contributed by atoms with Crippen molar-refractivity contribution in [2.75, 3.05) is 26.9 Å². The number of hydrogen-bond acceptors (Lipinski definition) is 5. The fraction of sp³-hybridized carbons (Fsp3) is 0.619. The average molecular weight is 364 g/mol. The molecule has 1 aromatic rings. The van der Waals surface area contributed by atoms with E-state index in [1.165, 1.54) is 5.56 Å². The Morgan fingerprint density at radius 1 is 0.885 bits per heavy atom. The first kappa shape index (κ1) is 22.2. The zero-order valence-electron chi connectivity index (χ0n) is 16.1. The topological polar surface area (TPSA) is 61.8 Å². The van der Waals surface area contributed by atoms with Crippen molar-refractivity contribution in [2.24, 2.45) is 0 Å². The fourth-order valence-electron chi connectivity index (χ4n) is 2.66. The van der Waals surface area contributed by atoms with E-state index in [9.17, 15) is 9.59 Å². The van der Waals surface area contributed by atoms with Crippen LogP contribution in [0.3, 0.4) is 0 Å². The van der Waals surface area contributed by atoms with Gasteiger partial charge in [0.2, 0.25) is 0 Å². The molecular weight excluding hydrogens is 332 g/mol. The van der Waals surface area contributed by atoms with E-state index >= 15 is 0 Å². The molecule has 1 atom stereocenters. The van der Waals surface area contributed by atoms with Gasteiger partial charge in [0.05, 0.1) is 26.1 Å². The third-order valence-corrected chi connectivity index (χ3v) is 4.21. The van der Waals surface area contributed by atoms with E-state index < -0.39 is 0 Å². The molecule has 0 amide bonds. The minimum Gasteiger partial charge on any atom is -0.466 e. The molecular formula is C21H32O5. The number of carbonyl (C=O) groups excluding carboxylic acids is 2. The molecule has 0 N–H and O–H groups in total. The average Bonchev–Trinajstić information content (AvgIpc) is 2.67. The first-order valence-corrected chi connectivity index (χ1v) is 9.52. The molecule has 0 aliphatic rings. The molecule has 5 nitrogen and oxygen atoms in total. The summed E-state index contributed by atoms with van der Waals surface area (Å²) in [7, 11) is 1.68. The van der Waals surface area contributed by atoms with E-state index in [1.807, 2.05) is 18.2 Å². The van der Waals surface area contributed by atoms with Gasteiger partial charge in [-0.15, -0.1) is 0 Å². The van der Waals surface area contributed by atoms with Crippen LogP contribution in [-0.4, -0.2) is 38.9 Å². The second-order valence-corrected chi connectivity index (χ2v) is 6.33. The van der Waals surface area contributed by atoms with Crippen molar-refractivity contribution in [1.82, 2.24) is 0 Å². The molecule has 0 aliphatic heterocycles. The monoisotopic (exact) mass is 364 g/mol. The van der Waals surface area contributed by atoms with Gasteiger partial charge in [-0.05, 0) is 30.7 Å². The molecule has 1 unspecified atom stereocenters. The molecule has 0 saturated carbocycles. The van der Waals surface area contributed by atoms with Crippen molar-refractivity contribution in [1.29, 1.82) is 0 Å². The third kappa shape index (κ3) is 10.2. The van der Waals surface area contributed by atoms with Crippen LogP contribution in [0.4, 0.5) is 0 Å². The van der Waals surface area contributed by atoms with Crippen LogP contribution >= 0.6 is 0 Å². The summed E-state index contributed by atoms with van der Waals surface area (Å²) >= 11 is 0. The van der Waals surface area contributed by atoms with E-state index in [0.29, 0.717) is 19.8 Å². The molecule has 0 spiro atoms. The van der Waals surface area contributed by atoms with Crippen molar-refractivity contribution in [3.05, 3.63) is 35.9 Å². The third-order valence-electron chi connectivity index (χ3n) is 4.21. The van der Waals surface area contributed by atoms with Crippen molar-refractivity contribution in [2.45, 2.75) is 57.8 Å². The Hall–Kier alpha value is -1.88. The normalized spacial score (nSPS) is 11.8. The predicted molar refractivity (Wildman–Crippen MR) is 101 cm³/mol. The SMILES string of the molecule is CCCCCOC(=O)CCC(=O)OCCC(CCOC)c1ccccc1. The highest BCUT2D eigenvalue weighted by Gasteiger charge is 2.13. The molecule has 26 heavy (non-hydrogen) atoms. The van der Waals surface area contributed by atoms with Crippen LogP contribution in [-0.2, 0) is 23.8 Å². The summed E-state index contributed by atoms with van der Waals surface area (Å²) in [5.74, 6) is -0.401. The van der Waals surface area contributed by atoms with Crippen molar-refractivity contribution in [3.63, 3.8) is 0 Å². The maximum atomic E-state index is 11.8. The summed E-state index contributed by atoms with van der Waals surface area (Å²) < 4.78 is 15.5. The zero-order chi connectivity index (χ0) is 19.0. The van der Waals surface area contributed by atoms with E-state index in [0.717, 1.165) is 32.1 Å². The van der Waals surface area contributed by atoms with E-state index in [-0.39, 0.29) is 30.7 Å². The largest absolute Gasteiger partial charge is 0.466 e. The van der Waals surface area contributed by atoms with Gasteiger partial charge in [-0.3, -0.25) is 9.59 Å². The number of ether oxygens (including phenoxy) is 3. The molecule has 146 valence electrons. The number of methoxy groups -OCH3 is 1. The fourth-order valence-corrected chi connectivity index (χ4v) is 2.66. The Balaban J connectivity index is 2.24. The summed E-state index contributed by atoms with van der Waals surface area (Å²) in [6.07, 6.45) is 4.76. The Bertz CT molecular complexity index is 500. The first-order chi connectivity index (χ1) is 12.7. The summed E-state index contributed by atoms with van der Waals surface area (Å²) in [6, 6.07) is 10.2. The summed E-state index contributed by atoms with van der Waals surface area (Å²) in [4.78, 5) is 23.4. The van der Waals surface area contributed by atoms with E-state index in [1.54, 1.807) is 7.11 Å². The zero-order valence-corrected chi connectivity index (χ0v) is 16.1. The number of benzene rings is 1. The lowest BCUT2D eigenvalue weighted by Crippen LogP contribution is -2.13. The molecule has 0 saturated heterocycles. The van der Waals surface area contributed by atoms with Crippen LogP contribution in [0.15, 0.2) is 30.3 Å². The van der Waals surface area contributed by atoms with Crippen LogP contribution in [0.5, 0.6) is 0 Å². The molecule has 1 rings (SSSR count). The van der Waals surface area contributed by atoms with Gasteiger partial charge >= 0.3 is 11.9 Å². The summed E-state index contributed by atoms with van der Waals surface area (Å²) in [6.45, 7) is 3.53. The number of carbonyl (C=O) groups is 2. The van der Waals surface area contributed by atoms with Crippen molar-refractivity contribution in [3.8, 4) is 0 Å². The van der Waals surface area contributed by atoms with Crippen LogP contribution in [0.1, 0.15) is 63.4 Å². The highest BCUT2D eigenvalue weighted by Crippen LogP contribution is 2.23. The van der Waals surface area contributed by atoms with Gasteiger partial charge in [0, 0.05) is 13.7 Å². The van der Waals surface area contributed by atoms with Gasteiger partial charge in [-0.2, -0.15) is 0 Å². The molecule has 1 aromatic carbocycles. The highest BCUT2D eigenvalue weighted by molar-refractivity contribution is 5.77. The first-order valence-electron chi connectivity index (χ1n) is 9.52. The molecule has 0 heterocycles. The second-order valence-electron chi connectivity index (χ2n) is 6.33. The van der Waals surface area contributed by atoms with Crippen LogP contribution in [0, 0.1) is 0 Å². The number of hydrogen-bond donors (Lipinski definition) is 0. The van der Waals surface area contributed by atoms with Gasteiger partial charge in [0.1, 0.15) is 0 Å². The highest BCUT2D eigenvalue weighted by atomic mass is 16.5. The summed E-state index contributed by atoms with van der Waals surface area (Å²) in [5, 5.41) is 0. The van der Waals surface area contributed by atoms with Gasteiger partial charge in [-0.1, -0.05) is 50.1 Å². The minimum absolute atomic E-state index is 0.0701. The maximum absolute atomic E-state index is 11.8. The van der Waals surface area contributed by atoms with Gasteiger partial charge in [0.25, 0.3) is 0 Å². The lowest BCUT2D eigenvalue weighted by molar-refractivity contribution is -0.150. The Kier molecular flexibility index (Phi) is 12.2. The number of esters is 2. The molecule has 0 aromatic heterocycles. The summed E-state index contributed by atoms with van der Waals surface area (Å²) in [5.41, 5.74) is 1.22. The lowest BCUT2D eigenvalue weighted by atomic mass is 9.93. The Morgan fingerprint density at radius 2 is 1.50 bits per heavy atom. The van der Waals surface area contributed by atoms with Crippen LogP contribution in [0.2, 0.25) is 0 Å². The van der Waals surface area contributed by atoms with Gasteiger partial charge < -0.3 is 14.2 Å². The Labute approximate surface area is 157 Å².